The maximum absolute atomic E-state index is 12.1. The van der Waals surface area contributed by atoms with E-state index in [4.69, 9.17) is 0 Å². The molecule has 0 aromatic rings. The lowest BCUT2D eigenvalue weighted by Gasteiger charge is -2.36. The molecular weight excluding hydrogens is 248 g/mol. The lowest BCUT2D eigenvalue weighted by atomic mass is 9.79. The molecule has 0 aliphatic heterocycles. The van der Waals surface area contributed by atoms with E-state index in [2.05, 4.69) is 16.7 Å². The second kappa shape index (κ2) is 7.82. The zero-order valence-electron chi connectivity index (χ0n) is 13.0. The van der Waals surface area contributed by atoms with Gasteiger partial charge in [0.15, 0.2) is 0 Å². The van der Waals surface area contributed by atoms with Gasteiger partial charge >= 0.3 is 0 Å². The minimum absolute atomic E-state index is 0.0619. The average Bonchev–Trinajstić information content (AvgIpc) is 2.49. The van der Waals surface area contributed by atoms with Crippen LogP contribution in [0.5, 0.6) is 0 Å². The molecule has 2 aliphatic carbocycles. The van der Waals surface area contributed by atoms with E-state index in [1.165, 1.54) is 50.5 Å². The Morgan fingerprint density at radius 3 is 2.65 bits per heavy atom. The van der Waals surface area contributed by atoms with E-state index in [1.54, 1.807) is 0 Å². The van der Waals surface area contributed by atoms with Crippen LogP contribution in [0.3, 0.4) is 0 Å². The first-order valence-corrected chi connectivity index (χ1v) is 8.38. The topological polar surface area (TPSA) is 41.1 Å². The number of nitrogens with one attached hydrogen (secondary N) is 2. The Hall–Kier alpha value is -0.830. The SMILES string of the molecule is CNC1(CC(=O)NCCC2=CCCCC2)CCCCC1. The van der Waals surface area contributed by atoms with Gasteiger partial charge in [-0.1, -0.05) is 30.9 Å². The molecule has 1 saturated carbocycles. The third-order valence-electron chi connectivity index (χ3n) is 4.99. The molecule has 0 unspecified atom stereocenters. The first kappa shape index (κ1) is 15.6. The lowest BCUT2D eigenvalue weighted by molar-refractivity contribution is -0.122. The number of amides is 1. The Labute approximate surface area is 123 Å². The lowest BCUT2D eigenvalue weighted by Crippen LogP contribution is -2.48. The van der Waals surface area contributed by atoms with E-state index in [1.807, 2.05) is 7.05 Å². The monoisotopic (exact) mass is 278 g/mol. The van der Waals surface area contributed by atoms with Crippen molar-refractivity contribution in [2.24, 2.45) is 0 Å². The summed E-state index contributed by atoms with van der Waals surface area (Å²) in [4.78, 5) is 12.1. The highest BCUT2D eigenvalue weighted by atomic mass is 16.1. The van der Waals surface area contributed by atoms with Crippen LogP contribution in [0.2, 0.25) is 0 Å². The predicted octanol–water partition coefficient (Wildman–Crippen LogP) is 3.31. The standard InChI is InChI=1S/C17H30N2O/c1-18-17(11-6-3-7-12-17)14-16(20)19-13-10-15-8-4-2-5-9-15/h8,18H,2-7,9-14H2,1H3,(H,19,20). The van der Waals surface area contributed by atoms with E-state index in [9.17, 15) is 4.79 Å². The van der Waals surface area contributed by atoms with Crippen LogP contribution < -0.4 is 10.6 Å². The smallest absolute Gasteiger partial charge is 0.221 e. The molecule has 0 aromatic heterocycles. The molecule has 0 bridgehead atoms. The Balaban J connectivity index is 1.70. The van der Waals surface area contributed by atoms with Gasteiger partial charge in [0, 0.05) is 18.5 Å². The Morgan fingerprint density at radius 2 is 2.00 bits per heavy atom. The summed E-state index contributed by atoms with van der Waals surface area (Å²) in [6.07, 6.45) is 15.3. The zero-order chi connectivity index (χ0) is 14.3. The molecule has 20 heavy (non-hydrogen) atoms. The summed E-state index contributed by atoms with van der Waals surface area (Å²) in [5, 5.41) is 6.53. The van der Waals surface area contributed by atoms with Crippen molar-refractivity contribution < 1.29 is 4.79 Å². The van der Waals surface area contributed by atoms with Crippen LogP contribution in [0.15, 0.2) is 11.6 Å². The van der Waals surface area contributed by atoms with Crippen LogP contribution in [0, 0.1) is 0 Å². The van der Waals surface area contributed by atoms with E-state index in [0.717, 1.165) is 25.8 Å². The van der Waals surface area contributed by atoms with E-state index < -0.39 is 0 Å². The summed E-state index contributed by atoms with van der Waals surface area (Å²) in [6.45, 7) is 0.810. The van der Waals surface area contributed by atoms with Crippen LogP contribution in [0.4, 0.5) is 0 Å². The van der Waals surface area contributed by atoms with Crippen molar-refractivity contribution in [1.29, 1.82) is 0 Å². The highest BCUT2D eigenvalue weighted by molar-refractivity contribution is 5.77. The molecule has 1 amide bonds. The molecule has 0 saturated heterocycles. The number of hydrogen-bond donors (Lipinski definition) is 2. The van der Waals surface area contributed by atoms with E-state index in [0.29, 0.717) is 6.42 Å². The molecular formula is C17H30N2O. The van der Waals surface area contributed by atoms with Gasteiger partial charge in [-0.15, -0.1) is 0 Å². The fourth-order valence-electron chi connectivity index (χ4n) is 3.61. The number of rotatable bonds is 6. The first-order chi connectivity index (χ1) is 9.74. The van der Waals surface area contributed by atoms with Crippen LogP contribution in [-0.2, 0) is 4.79 Å². The summed E-state index contributed by atoms with van der Waals surface area (Å²) in [7, 11) is 2.01. The summed E-state index contributed by atoms with van der Waals surface area (Å²) in [6, 6.07) is 0. The number of carbonyl (C=O) groups is 1. The zero-order valence-corrected chi connectivity index (χ0v) is 13.0. The van der Waals surface area contributed by atoms with Gasteiger partial charge in [-0.25, -0.2) is 0 Å². The molecule has 2 rings (SSSR count). The van der Waals surface area contributed by atoms with Crippen LogP contribution in [-0.4, -0.2) is 25.0 Å². The Morgan fingerprint density at radius 1 is 1.20 bits per heavy atom. The van der Waals surface area contributed by atoms with Gasteiger partial charge < -0.3 is 10.6 Å². The molecule has 3 nitrogen and oxygen atoms in total. The second-order valence-corrected chi connectivity index (χ2v) is 6.48. The van der Waals surface area contributed by atoms with Crippen molar-refractivity contribution in [2.45, 2.75) is 76.2 Å². The summed E-state index contributed by atoms with van der Waals surface area (Å²) >= 11 is 0. The first-order valence-electron chi connectivity index (χ1n) is 8.38. The summed E-state index contributed by atoms with van der Waals surface area (Å²) in [5.74, 6) is 0.220. The fraction of sp³-hybridized carbons (Fsp3) is 0.824. The molecule has 3 heteroatoms. The van der Waals surface area contributed by atoms with E-state index in [-0.39, 0.29) is 11.4 Å². The van der Waals surface area contributed by atoms with Gasteiger partial charge in [0.25, 0.3) is 0 Å². The molecule has 0 heterocycles. The minimum Gasteiger partial charge on any atom is -0.356 e. The second-order valence-electron chi connectivity index (χ2n) is 6.48. The average molecular weight is 278 g/mol. The van der Waals surface area contributed by atoms with Crippen molar-refractivity contribution >= 4 is 5.91 Å². The summed E-state index contributed by atoms with van der Waals surface area (Å²) < 4.78 is 0. The number of hydrogen-bond acceptors (Lipinski definition) is 2. The van der Waals surface area contributed by atoms with Gasteiger partial charge in [-0.2, -0.15) is 0 Å². The van der Waals surface area contributed by atoms with Crippen LogP contribution >= 0.6 is 0 Å². The maximum Gasteiger partial charge on any atom is 0.221 e. The van der Waals surface area contributed by atoms with Gasteiger partial charge in [0.05, 0.1) is 0 Å². The van der Waals surface area contributed by atoms with Gasteiger partial charge in [-0.05, 0) is 52.0 Å². The molecule has 1 fully saturated rings. The molecule has 0 spiro atoms. The van der Waals surface area contributed by atoms with Gasteiger partial charge in [0.2, 0.25) is 5.91 Å². The van der Waals surface area contributed by atoms with Crippen molar-refractivity contribution in [2.75, 3.05) is 13.6 Å². The van der Waals surface area contributed by atoms with Crippen LogP contribution in [0.25, 0.3) is 0 Å². The Kier molecular flexibility index (Phi) is 6.08. The maximum atomic E-state index is 12.1. The van der Waals surface area contributed by atoms with Crippen molar-refractivity contribution in [3.63, 3.8) is 0 Å². The van der Waals surface area contributed by atoms with E-state index >= 15 is 0 Å². The van der Waals surface area contributed by atoms with Crippen molar-refractivity contribution in [3.05, 3.63) is 11.6 Å². The molecule has 0 atom stereocenters. The van der Waals surface area contributed by atoms with Crippen LogP contribution in [0.1, 0.15) is 70.6 Å². The number of allylic oxidation sites excluding steroid dienone is 1. The Bertz CT molecular complexity index is 343. The van der Waals surface area contributed by atoms with Gasteiger partial charge in [-0.3, -0.25) is 4.79 Å². The normalized spacial score (nSPS) is 22.1. The van der Waals surface area contributed by atoms with Gasteiger partial charge in [0.1, 0.15) is 0 Å². The third kappa shape index (κ3) is 4.62. The third-order valence-corrected chi connectivity index (χ3v) is 4.99. The largest absolute Gasteiger partial charge is 0.356 e. The highest BCUT2D eigenvalue weighted by Gasteiger charge is 2.32. The van der Waals surface area contributed by atoms with Crippen molar-refractivity contribution in [1.82, 2.24) is 10.6 Å². The molecule has 0 aromatic carbocycles. The number of carbonyl (C=O) groups excluding carboxylic acids is 1. The fourth-order valence-corrected chi connectivity index (χ4v) is 3.61. The molecule has 2 N–H and O–H groups in total. The molecule has 114 valence electrons. The minimum atomic E-state index is 0.0619. The molecule has 2 aliphatic rings. The highest BCUT2D eigenvalue weighted by Crippen LogP contribution is 2.30. The summed E-state index contributed by atoms with van der Waals surface area (Å²) in [5.41, 5.74) is 1.60. The van der Waals surface area contributed by atoms with Crippen molar-refractivity contribution in [3.8, 4) is 0 Å². The molecule has 0 radical (unpaired) electrons. The quantitative estimate of drug-likeness (QED) is 0.732. The predicted molar refractivity (Wildman–Crippen MR) is 83.7 cm³/mol.